The van der Waals surface area contributed by atoms with E-state index in [0.717, 1.165) is 6.07 Å². The number of rotatable bonds is 7. The molecular weight excluding hydrogens is 364 g/mol. The standard InChI is InChI=1S/C18H17F2NO4S/c1-2-25-15-9-5-3-7-13(15)11-12-17(22)21-14-8-4-6-10-16(14)26(23,24)18(19)20/h3-12,18H,2H2,1H3,(H,21,22)/b12-11+. The molecule has 0 aliphatic heterocycles. The Kier molecular flexibility index (Phi) is 6.46. The van der Waals surface area contributed by atoms with Crippen molar-refractivity contribution in [1.29, 1.82) is 0 Å². The van der Waals surface area contributed by atoms with Crippen LogP contribution in [0.3, 0.4) is 0 Å². The molecule has 2 rings (SSSR count). The Hall–Kier alpha value is -2.74. The van der Waals surface area contributed by atoms with Crippen LogP contribution in [0.25, 0.3) is 6.08 Å². The number of hydrogen-bond donors (Lipinski definition) is 1. The lowest BCUT2D eigenvalue weighted by Gasteiger charge is -2.10. The monoisotopic (exact) mass is 381 g/mol. The van der Waals surface area contributed by atoms with E-state index in [4.69, 9.17) is 4.74 Å². The van der Waals surface area contributed by atoms with E-state index < -0.39 is 26.4 Å². The van der Waals surface area contributed by atoms with E-state index in [9.17, 15) is 22.0 Å². The lowest BCUT2D eigenvalue weighted by Crippen LogP contribution is -2.16. The number of anilines is 1. The smallest absolute Gasteiger partial charge is 0.341 e. The second-order valence-electron chi connectivity index (χ2n) is 5.10. The summed E-state index contributed by atoms with van der Waals surface area (Å²) in [6.45, 7) is 2.28. The number of amides is 1. The molecule has 0 heterocycles. The fourth-order valence-electron chi connectivity index (χ4n) is 2.16. The van der Waals surface area contributed by atoms with E-state index in [1.54, 1.807) is 24.3 Å². The molecule has 0 saturated heterocycles. The zero-order chi connectivity index (χ0) is 19.2. The second kappa shape index (κ2) is 8.57. The summed E-state index contributed by atoms with van der Waals surface area (Å²) in [5.74, 6) is -3.65. The van der Waals surface area contributed by atoms with E-state index in [1.165, 1.54) is 30.4 Å². The normalized spacial score (nSPS) is 11.7. The third-order valence-electron chi connectivity index (χ3n) is 3.32. The Morgan fingerprint density at radius 3 is 2.50 bits per heavy atom. The van der Waals surface area contributed by atoms with Crippen molar-refractivity contribution in [3.63, 3.8) is 0 Å². The first kappa shape index (κ1) is 19.6. The van der Waals surface area contributed by atoms with Gasteiger partial charge in [-0.3, -0.25) is 4.79 Å². The van der Waals surface area contributed by atoms with Crippen LogP contribution in [0.15, 0.2) is 59.5 Å². The molecule has 0 aromatic heterocycles. The highest BCUT2D eigenvalue weighted by atomic mass is 32.2. The number of carbonyl (C=O) groups excluding carboxylic acids is 1. The molecule has 0 spiro atoms. The molecule has 0 unspecified atom stereocenters. The summed E-state index contributed by atoms with van der Waals surface area (Å²) in [4.78, 5) is 11.5. The van der Waals surface area contributed by atoms with Gasteiger partial charge in [0.25, 0.3) is 0 Å². The molecule has 0 atom stereocenters. The van der Waals surface area contributed by atoms with Gasteiger partial charge in [-0.15, -0.1) is 0 Å². The van der Waals surface area contributed by atoms with Gasteiger partial charge in [-0.25, -0.2) is 8.42 Å². The van der Waals surface area contributed by atoms with Crippen molar-refractivity contribution in [3.05, 3.63) is 60.2 Å². The fraction of sp³-hybridized carbons (Fsp3) is 0.167. The summed E-state index contributed by atoms with van der Waals surface area (Å²) in [5, 5.41) is 2.31. The minimum atomic E-state index is -4.83. The number of alkyl halides is 2. The lowest BCUT2D eigenvalue weighted by atomic mass is 10.2. The molecule has 1 N–H and O–H groups in total. The summed E-state index contributed by atoms with van der Waals surface area (Å²) in [7, 11) is -4.83. The van der Waals surface area contributed by atoms with Gasteiger partial charge in [0.2, 0.25) is 15.7 Å². The molecule has 0 radical (unpaired) electrons. The lowest BCUT2D eigenvalue weighted by molar-refractivity contribution is -0.111. The van der Waals surface area contributed by atoms with Gasteiger partial charge < -0.3 is 10.1 Å². The van der Waals surface area contributed by atoms with Crippen molar-refractivity contribution in [2.75, 3.05) is 11.9 Å². The van der Waals surface area contributed by atoms with E-state index >= 15 is 0 Å². The number of carbonyl (C=O) groups is 1. The molecule has 0 bridgehead atoms. The van der Waals surface area contributed by atoms with Gasteiger partial charge in [0.15, 0.2) is 0 Å². The van der Waals surface area contributed by atoms with Crippen LogP contribution in [-0.2, 0) is 14.6 Å². The predicted molar refractivity (Wildman–Crippen MR) is 94.9 cm³/mol. The number of hydrogen-bond acceptors (Lipinski definition) is 4. The summed E-state index contributed by atoms with van der Waals surface area (Å²) < 4.78 is 54.4. The molecule has 0 fully saturated rings. The molecule has 2 aromatic carbocycles. The molecule has 8 heteroatoms. The highest BCUT2D eigenvalue weighted by Gasteiger charge is 2.29. The molecule has 0 saturated carbocycles. The maximum atomic E-state index is 12.8. The summed E-state index contributed by atoms with van der Waals surface area (Å²) in [6, 6.07) is 12.0. The Bertz CT molecular complexity index is 911. The Balaban J connectivity index is 2.22. The highest BCUT2D eigenvalue weighted by molar-refractivity contribution is 7.91. The van der Waals surface area contributed by atoms with Crippen LogP contribution in [0, 0.1) is 0 Å². The fourth-order valence-corrected chi connectivity index (χ4v) is 3.04. The number of para-hydroxylation sites is 2. The van der Waals surface area contributed by atoms with Crippen molar-refractivity contribution < 1.29 is 26.7 Å². The number of halogens is 2. The average molecular weight is 381 g/mol. The van der Waals surface area contributed by atoms with Crippen LogP contribution in [0.4, 0.5) is 14.5 Å². The van der Waals surface area contributed by atoms with Gasteiger partial charge in [-0.05, 0) is 31.2 Å². The maximum absolute atomic E-state index is 12.8. The summed E-state index contributed by atoms with van der Waals surface area (Å²) in [6.07, 6.45) is 2.66. The maximum Gasteiger partial charge on any atom is 0.341 e. The minimum absolute atomic E-state index is 0.208. The van der Waals surface area contributed by atoms with Crippen molar-refractivity contribution in [3.8, 4) is 5.75 Å². The van der Waals surface area contributed by atoms with Crippen LogP contribution >= 0.6 is 0 Å². The molecule has 0 aliphatic carbocycles. The number of benzene rings is 2. The largest absolute Gasteiger partial charge is 0.493 e. The first-order valence-electron chi connectivity index (χ1n) is 7.68. The number of ether oxygens (including phenoxy) is 1. The van der Waals surface area contributed by atoms with Gasteiger partial charge >= 0.3 is 5.76 Å². The number of sulfone groups is 1. The van der Waals surface area contributed by atoms with Gasteiger partial charge in [0.1, 0.15) is 5.75 Å². The Morgan fingerprint density at radius 2 is 1.81 bits per heavy atom. The van der Waals surface area contributed by atoms with Crippen molar-refractivity contribution in [1.82, 2.24) is 0 Å². The molecule has 0 aliphatic rings. The predicted octanol–water partition coefficient (Wildman–Crippen LogP) is 3.73. The third kappa shape index (κ3) is 4.66. The SMILES string of the molecule is CCOc1ccccc1/C=C/C(=O)Nc1ccccc1S(=O)(=O)C(F)F. The third-order valence-corrected chi connectivity index (χ3v) is 4.76. The van der Waals surface area contributed by atoms with Crippen LogP contribution in [-0.4, -0.2) is 26.7 Å². The average Bonchev–Trinajstić information content (AvgIpc) is 2.61. The Morgan fingerprint density at radius 1 is 1.15 bits per heavy atom. The first-order valence-corrected chi connectivity index (χ1v) is 9.23. The first-order chi connectivity index (χ1) is 12.4. The molecule has 2 aromatic rings. The zero-order valence-electron chi connectivity index (χ0n) is 13.9. The Labute approximate surface area is 150 Å². The van der Waals surface area contributed by atoms with E-state index in [2.05, 4.69) is 5.32 Å². The molecule has 138 valence electrons. The van der Waals surface area contributed by atoms with Crippen LogP contribution < -0.4 is 10.1 Å². The van der Waals surface area contributed by atoms with Crippen molar-refractivity contribution in [2.45, 2.75) is 17.6 Å². The van der Waals surface area contributed by atoms with E-state index in [-0.39, 0.29) is 5.69 Å². The number of nitrogens with one attached hydrogen (secondary N) is 1. The molecule has 1 amide bonds. The van der Waals surface area contributed by atoms with Gasteiger partial charge in [-0.2, -0.15) is 8.78 Å². The minimum Gasteiger partial charge on any atom is -0.493 e. The highest BCUT2D eigenvalue weighted by Crippen LogP contribution is 2.26. The van der Waals surface area contributed by atoms with Crippen molar-refractivity contribution in [2.24, 2.45) is 0 Å². The van der Waals surface area contributed by atoms with Crippen molar-refractivity contribution >= 4 is 27.5 Å². The van der Waals surface area contributed by atoms with Crippen LogP contribution in [0.2, 0.25) is 0 Å². The zero-order valence-corrected chi connectivity index (χ0v) is 14.7. The molecular formula is C18H17F2NO4S. The van der Waals surface area contributed by atoms with Gasteiger partial charge in [0, 0.05) is 11.6 Å². The molecule has 26 heavy (non-hydrogen) atoms. The molecule has 5 nitrogen and oxygen atoms in total. The quantitative estimate of drug-likeness (QED) is 0.742. The summed E-state index contributed by atoms with van der Waals surface area (Å²) >= 11 is 0. The van der Waals surface area contributed by atoms with E-state index in [1.807, 2.05) is 6.92 Å². The summed E-state index contributed by atoms with van der Waals surface area (Å²) in [5.41, 5.74) is 0.443. The van der Waals surface area contributed by atoms with Gasteiger partial charge in [-0.1, -0.05) is 30.3 Å². The topological polar surface area (TPSA) is 72.5 Å². The van der Waals surface area contributed by atoms with E-state index in [0.29, 0.717) is 17.9 Å². The second-order valence-corrected chi connectivity index (χ2v) is 6.98. The van der Waals surface area contributed by atoms with Crippen LogP contribution in [0.5, 0.6) is 5.75 Å². The van der Waals surface area contributed by atoms with Gasteiger partial charge in [0.05, 0.1) is 17.2 Å². The van der Waals surface area contributed by atoms with Crippen LogP contribution in [0.1, 0.15) is 12.5 Å².